The molecule has 24 heavy (non-hydrogen) atoms. The summed E-state index contributed by atoms with van der Waals surface area (Å²) in [6.07, 6.45) is 1.08. The summed E-state index contributed by atoms with van der Waals surface area (Å²) in [5.74, 6) is -1.39. The third-order valence-corrected chi connectivity index (χ3v) is 3.93. The van der Waals surface area contributed by atoms with Gasteiger partial charge in [0.2, 0.25) is 0 Å². The number of alkyl halides is 3. The molecule has 1 aromatic rings. The van der Waals surface area contributed by atoms with Gasteiger partial charge in [-0.1, -0.05) is 0 Å². The average molecular weight is 369 g/mol. The van der Waals surface area contributed by atoms with Crippen LogP contribution >= 0.6 is 0 Å². The van der Waals surface area contributed by atoms with E-state index in [0.717, 1.165) is 19.2 Å². The number of rotatable bonds is 7. The first kappa shape index (κ1) is 20.2. The summed E-state index contributed by atoms with van der Waals surface area (Å²) in [6.45, 7) is 0.708. The molecular weight excluding hydrogens is 351 g/mol. The standard InChI is InChI=1S/C14H18F3NO5S/c1-18(2)6-4-5-10-7-11(13(19)22-3)9-12(8-10)23-24(20,21)14(15,16)17/h7-9H,4-6H2,1-3H3. The quantitative estimate of drug-likeness (QED) is 0.417. The number of halogens is 3. The molecule has 6 nitrogen and oxygen atoms in total. The summed E-state index contributed by atoms with van der Waals surface area (Å²) in [4.78, 5) is 13.5. The zero-order valence-electron chi connectivity index (χ0n) is 13.4. The van der Waals surface area contributed by atoms with Crippen LogP contribution in [0, 0.1) is 0 Å². The van der Waals surface area contributed by atoms with E-state index in [4.69, 9.17) is 0 Å². The number of esters is 1. The summed E-state index contributed by atoms with van der Waals surface area (Å²) < 4.78 is 68.1. The molecule has 0 amide bonds. The van der Waals surface area contributed by atoms with Gasteiger partial charge in [-0.25, -0.2) is 4.79 Å². The van der Waals surface area contributed by atoms with Gasteiger partial charge in [0.1, 0.15) is 5.75 Å². The van der Waals surface area contributed by atoms with Gasteiger partial charge >= 0.3 is 21.6 Å². The van der Waals surface area contributed by atoms with Crippen LogP contribution in [-0.4, -0.2) is 52.5 Å². The fourth-order valence-electron chi connectivity index (χ4n) is 1.86. The molecule has 0 unspecified atom stereocenters. The average Bonchev–Trinajstić information content (AvgIpc) is 2.44. The Morgan fingerprint density at radius 2 is 1.83 bits per heavy atom. The van der Waals surface area contributed by atoms with Crippen molar-refractivity contribution in [3.63, 3.8) is 0 Å². The molecule has 1 rings (SSSR count). The molecule has 136 valence electrons. The second-order valence-electron chi connectivity index (χ2n) is 5.25. The van der Waals surface area contributed by atoms with Crippen molar-refractivity contribution in [3.05, 3.63) is 29.3 Å². The SMILES string of the molecule is COC(=O)c1cc(CCCN(C)C)cc(OS(=O)(=O)C(F)(F)F)c1. The van der Waals surface area contributed by atoms with E-state index in [1.807, 2.05) is 19.0 Å². The lowest BCUT2D eigenvalue weighted by Crippen LogP contribution is -2.28. The molecule has 0 saturated carbocycles. The number of ether oxygens (including phenoxy) is 1. The highest BCUT2D eigenvalue weighted by Gasteiger charge is 2.48. The molecule has 0 fully saturated rings. The third-order valence-electron chi connectivity index (χ3n) is 2.95. The maximum Gasteiger partial charge on any atom is 0.534 e. The van der Waals surface area contributed by atoms with Crippen molar-refractivity contribution in [1.82, 2.24) is 4.90 Å². The number of carbonyl (C=O) groups excluding carboxylic acids is 1. The lowest BCUT2D eigenvalue weighted by molar-refractivity contribution is -0.0500. The lowest BCUT2D eigenvalue weighted by atomic mass is 10.1. The Morgan fingerprint density at radius 1 is 1.21 bits per heavy atom. The van der Waals surface area contributed by atoms with Crippen LogP contribution in [0.15, 0.2) is 18.2 Å². The van der Waals surface area contributed by atoms with Gasteiger partial charge in [0, 0.05) is 0 Å². The molecule has 1 aromatic carbocycles. The maximum atomic E-state index is 12.4. The first-order chi connectivity index (χ1) is 11.0. The van der Waals surface area contributed by atoms with E-state index in [2.05, 4.69) is 8.92 Å². The van der Waals surface area contributed by atoms with Gasteiger partial charge in [-0.3, -0.25) is 0 Å². The Morgan fingerprint density at radius 3 is 2.33 bits per heavy atom. The Hall–Kier alpha value is -1.81. The molecule has 0 aromatic heterocycles. The number of methoxy groups -OCH3 is 1. The highest BCUT2D eigenvalue weighted by molar-refractivity contribution is 7.88. The highest BCUT2D eigenvalue weighted by Crippen LogP contribution is 2.28. The van der Waals surface area contributed by atoms with Crippen molar-refractivity contribution in [3.8, 4) is 5.75 Å². The molecular formula is C14H18F3NO5S. The van der Waals surface area contributed by atoms with Crippen LogP contribution in [0.25, 0.3) is 0 Å². The normalized spacial score (nSPS) is 12.3. The summed E-state index contributed by atoms with van der Waals surface area (Å²) >= 11 is 0. The van der Waals surface area contributed by atoms with Crippen LogP contribution in [0.3, 0.4) is 0 Å². The lowest BCUT2D eigenvalue weighted by Gasteiger charge is -2.13. The first-order valence-corrected chi connectivity index (χ1v) is 8.25. The van der Waals surface area contributed by atoms with Crippen molar-refractivity contribution in [2.45, 2.75) is 18.3 Å². The predicted octanol–water partition coefficient (Wildman–Crippen LogP) is 2.20. The molecule has 0 N–H and O–H groups in total. The number of carbonyl (C=O) groups is 1. The topological polar surface area (TPSA) is 72.9 Å². The minimum Gasteiger partial charge on any atom is -0.465 e. The molecule has 0 saturated heterocycles. The summed E-state index contributed by atoms with van der Waals surface area (Å²) in [5, 5.41) is 0. The largest absolute Gasteiger partial charge is 0.534 e. The molecule has 0 spiro atoms. The van der Waals surface area contributed by atoms with Gasteiger partial charge in [-0.15, -0.1) is 0 Å². The number of benzene rings is 1. The minimum absolute atomic E-state index is 0.0905. The van der Waals surface area contributed by atoms with E-state index in [9.17, 15) is 26.4 Å². The van der Waals surface area contributed by atoms with Crippen LogP contribution in [0.5, 0.6) is 5.75 Å². The van der Waals surface area contributed by atoms with Gasteiger partial charge < -0.3 is 13.8 Å². The van der Waals surface area contributed by atoms with Gasteiger partial charge in [-0.05, 0) is 57.2 Å². The van der Waals surface area contributed by atoms with Crippen molar-refractivity contribution < 1.29 is 35.3 Å². The monoisotopic (exact) mass is 369 g/mol. The Kier molecular flexibility index (Phi) is 6.61. The smallest absolute Gasteiger partial charge is 0.465 e. The fraction of sp³-hybridized carbons (Fsp3) is 0.500. The minimum atomic E-state index is -5.81. The van der Waals surface area contributed by atoms with E-state index in [-0.39, 0.29) is 5.56 Å². The molecule has 0 aliphatic carbocycles. The zero-order valence-corrected chi connectivity index (χ0v) is 14.2. The van der Waals surface area contributed by atoms with E-state index in [1.54, 1.807) is 0 Å². The molecule has 0 aliphatic heterocycles. The molecule has 10 heteroatoms. The molecule has 0 heterocycles. The van der Waals surface area contributed by atoms with Crippen LogP contribution in [0.1, 0.15) is 22.3 Å². The fourth-order valence-corrected chi connectivity index (χ4v) is 2.31. The molecule has 0 radical (unpaired) electrons. The Labute approximate surface area is 138 Å². The van der Waals surface area contributed by atoms with E-state index in [1.165, 1.54) is 6.07 Å². The van der Waals surface area contributed by atoms with Crippen molar-refractivity contribution in [1.29, 1.82) is 0 Å². The van der Waals surface area contributed by atoms with Gasteiger partial charge in [0.15, 0.2) is 0 Å². The van der Waals surface area contributed by atoms with Crippen LogP contribution in [0.4, 0.5) is 13.2 Å². The third kappa shape index (κ3) is 5.68. The number of nitrogens with zero attached hydrogens (tertiary/aromatic N) is 1. The molecule has 0 atom stereocenters. The van der Waals surface area contributed by atoms with Gasteiger partial charge in [0.05, 0.1) is 12.7 Å². The van der Waals surface area contributed by atoms with Crippen LogP contribution < -0.4 is 4.18 Å². The zero-order chi connectivity index (χ0) is 18.5. The van der Waals surface area contributed by atoms with E-state index in [0.29, 0.717) is 24.9 Å². The predicted molar refractivity (Wildman–Crippen MR) is 80.3 cm³/mol. The van der Waals surface area contributed by atoms with Crippen LogP contribution in [0.2, 0.25) is 0 Å². The Balaban J connectivity index is 3.12. The number of hydrogen-bond acceptors (Lipinski definition) is 6. The van der Waals surface area contributed by atoms with Crippen molar-refractivity contribution in [2.75, 3.05) is 27.7 Å². The number of aryl methyl sites for hydroxylation is 1. The molecule has 0 bridgehead atoms. The second kappa shape index (κ2) is 7.84. The van der Waals surface area contributed by atoms with Crippen LogP contribution in [-0.2, 0) is 21.3 Å². The number of hydrogen-bond donors (Lipinski definition) is 0. The highest BCUT2D eigenvalue weighted by atomic mass is 32.2. The Bertz CT molecular complexity index is 686. The molecule has 0 aliphatic rings. The van der Waals surface area contributed by atoms with Crippen molar-refractivity contribution >= 4 is 16.1 Å². The van der Waals surface area contributed by atoms with E-state index >= 15 is 0 Å². The van der Waals surface area contributed by atoms with E-state index < -0.39 is 27.3 Å². The first-order valence-electron chi connectivity index (χ1n) is 6.84. The summed E-state index contributed by atoms with van der Waals surface area (Å²) in [5.41, 5.74) is -5.18. The summed E-state index contributed by atoms with van der Waals surface area (Å²) in [7, 11) is -0.993. The van der Waals surface area contributed by atoms with Gasteiger partial charge in [0.25, 0.3) is 0 Å². The maximum absolute atomic E-state index is 12.4. The van der Waals surface area contributed by atoms with Gasteiger partial charge in [-0.2, -0.15) is 21.6 Å². The summed E-state index contributed by atoms with van der Waals surface area (Å²) in [6, 6.07) is 3.48. The van der Waals surface area contributed by atoms with Crippen molar-refractivity contribution in [2.24, 2.45) is 0 Å². The second-order valence-corrected chi connectivity index (χ2v) is 6.79.